The van der Waals surface area contributed by atoms with Gasteiger partial charge in [-0.3, -0.25) is 19.7 Å². The summed E-state index contributed by atoms with van der Waals surface area (Å²) in [6, 6.07) is 25.5. The standard InChI is InChI=1S/C24H23N5O3.C11H13BrN2O2.C8H4BrNO3/c1-31-21-5-3-2-4-17(21)22-19-13-16(14-26-23(19)28-27-22)15-6-7-20(25)18(12-15)24(30)29-8-10-32-11-9-29;12-8-1-2-10(13)9(7-8)11(15)14-3-5-16-6-4-14;9-4-1-2-6-5(3-4)7(11)13-8(12)10-6/h2-7,12-14H,8-11,25H2,1H3,(H,26,27,28);1-2,7H,3-6,13H2;1-3H,(H,10,12). The zero-order chi connectivity index (χ0) is 43.0. The molecule has 0 aliphatic carbocycles. The number of aromatic nitrogens is 4. The van der Waals surface area contributed by atoms with Crippen molar-refractivity contribution < 1.29 is 28.2 Å². The number of amides is 2. The first-order valence-corrected chi connectivity index (χ1v) is 20.6. The highest BCUT2D eigenvalue weighted by Gasteiger charge is 2.23. The molecular formula is C43H40Br2N8O8. The van der Waals surface area contributed by atoms with E-state index in [1.165, 1.54) is 0 Å². The number of carbonyl (C=O) groups excluding carboxylic acids is 2. The smallest absolute Gasteiger partial charge is 0.419 e. The number of para-hydroxylation sites is 1. The number of anilines is 2. The number of halogens is 2. The van der Waals surface area contributed by atoms with Crippen LogP contribution in [-0.4, -0.2) is 101 Å². The van der Waals surface area contributed by atoms with Crippen molar-refractivity contribution in [2.24, 2.45) is 0 Å². The Morgan fingerprint density at radius 1 is 0.738 bits per heavy atom. The van der Waals surface area contributed by atoms with Gasteiger partial charge in [-0.25, -0.2) is 14.6 Å². The lowest BCUT2D eigenvalue weighted by Crippen LogP contribution is -2.40. The van der Waals surface area contributed by atoms with Crippen LogP contribution in [0.5, 0.6) is 5.75 Å². The molecule has 61 heavy (non-hydrogen) atoms. The summed E-state index contributed by atoms with van der Waals surface area (Å²) in [6.45, 7) is 4.66. The van der Waals surface area contributed by atoms with E-state index in [4.69, 9.17) is 25.7 Å². The number of nitrogens with two attached hydrogens (primary N) is 2. The molecule has 2 amide bonds. The van der Waals surface area contributed by atoms with Crippen LogP contribution in [0.25, 0.3) is 44.3 Å². The molecule has 18 heteroatoms. The van der Waals surface area contributed by atoms with E-state index in [2.05, 4.69) is 56.4 Å². The Bertz CT molecular complexity index is 2830. The third kappa shape index (κ3) is 10.0. The lowest BCUT2D eigenvalue weighted by Gasteiger charge is -2.27. The van der Waals surface area contributed by atoms with Crippen molar-refractivity contribution in [3.63, 3.8) is 0 Å². The second kappa shape index (κ2) is 19.4. The SMILES string of the molecule is COc1ccccc1-c1[nH]nc2ncc(-c3ccc(N)c(C(=O)N4CCOCC4)c3)cc12.Nc1ccc(Br)cc1C(=O)N1CCOCC1.O=c1[nH]c2ccc(Br)cc2c(=O)o1. The van der Waals surface area contributed by atoms with Gasteiger partial charge < -0.3 is 39.9 Å². The van der Waals surface area contributed by atoms with Crippen LogP contribution in [-0.2, 0) is 9.47 Å². The number of rotatable bonds is 5. The van der Waals surface area contributed by atoms with Gasteiger partial charge in [-0.15, -0.1) is 0 Å². The highest BCUT2D eigenvalue weighted by Crippen LogP contribution is 2.35. The maximum absolute atomic E-state index is 13.0. The Hall–Kier alpha value is -6.34. The first kappa shape index (κ1) is 42.8. The number of methoxy groups -OCH3 is 1. The van der Waals surface area contributed by atoms with Crippen molar-refractivity contribution in [2.75, 3.05) is 71.2 Å². The minimum Gasteiger partial charge on any atom is -0.496 e. The minimum atomic E-state index is -0.736. The van der Waals surface area contributed by atoms with Crippen molar-refractivity contribution in [3.05, 3.63) is 132 Å². The minimum absolute atomic E-state index is 0.0258. The van der Waals surface area contributed by atoms with Gasteiger partial charge in [0, 0.05) is 69.2 Å². The zero-order valence-electron chi connectivity index (χ0n) is 32.8. The monoisotopic (exact) mass is 954 g/mol. The van der Waals surface area contributed by atoms with Crippen LogP contribution in [0.1, 0.15) is 20.7 Å². The number of ether oxygens (including phenoxy) is 3. The molecular weight excluding hydrogens is 916 g/mol. The average Bonchev–Trinajstić information content (AvgIpc) is 3.71. The molecule has 2 aliphatic rings. The van der Waals surface area contributed by atoms with Crippen molar-refractivity contribution >= 4 is 77.0 Å². The van der Waals surface area contributed by atoms with E-state index in [-0.39, 0.29) is 11.8 Å². The van der Waals surface area contributed by atoms with Gasteiger partial charge in [-0.1, -0.05) is 50.1 Å². The molecule has 0 saturated carbocycles. The predicted molar refractivity (Wildman–Crippen MR) is 239 cm³/mol. The van der Waals surface area contributed by atoms with E-state index >= 15 is 0 Å². The normalized spacial score (nSPS) is 13.8. The topological polar surface area (TPSA) is 225 Å². The number of H-pyrrole nitrogens is 2. The lowest BCUT2D eigenvalue weighted by molar-refractivity contribution is 0.0302. The highest BCUT2D eigenvalue weighted by atomic mass is 79.9. The first-order chi connectivity index (χ1) is 29.5. The number of fused-ring (bicyclic) bond motifs is 2. The number of benzene rings is 4. The van der Waals surface area contributed by atoms with Crippen LogP contribution in [0, 0.1) is 0 Å². The molecule has 0 spiro atoms. The fourth-order valence-electron chi connectivity index (χ4n) is 6.69. The largest absolute Gasteiger partial charge is 0.496 e. The van der Waals surface area contributed by atoms with E-state index < -0.39 is 11.4 Å². The van der Waals surface area contributed by atoms with Crippen molar-refractivity contribution in [1.29, 1.82) is 0 Å². The molecule has 16 nitrogen and oxygen atoms in total. The number of carbonyl (C=O) groups is 2. The van der Waals surface area contributed by atoms with Gasteiger partial charge in [0.2, 0.25) is 0 Å². The maximum atomic E-state index is 13.0. The molecule has 2 fully saturated rings. The molecule has 2 saturated heterocycles. The molecule has 7 aromatic rings. The van der Waals surface area contributed by atoms with E-state index in [0.717, 1.165) is 42.5 Å². The Morgan fingerprint density at radius 2 is 1.34 bits per heavy atom. The summed E-state index contributed by atoms with van der Waals surface area (Å²) >= 11 is 6.55. The number of aromatic amines is 2. The molecule has 314 valence electrons. The number of nitrogens with one attached hydrogen (secondary N) is 2. The van der Waals surface area contributed by atoms with Crippen LogP contribution in [0.3, 0.4) is 0 Å². The number of hydrogen-bond acceptors (Lipinski definition) is 12. The molecule has 0 bridgehead atoms. The second-order valence-electron chi connectivity index (χ2n) is 13.7. The number of pyridine rings is 1. The van der Waals surface area contributed by atoms with Gasteiger partial charge in [0.25, 0.3) is 11.8 Å². The lowest BCUT2D eigenvalue weighted by atomic mass is 10.0. The predicted octanol–water partition coefficient (Wildman–Crippen LogP) is 6.10. The highest BCUT2D eigenvalue weighted by molar-refractivity contribution is 9.10. The summed E-state index contributed by atoms with van der Waals surface area (Å²) in [5.41, 5.74) is 17.9. The summed E-state index contributed by atoms with van der Waals surface area (Å²) in [4.78, 5) is 57.5. The van der Waals surface area contributed by atoms with Gasteiger partial charge in [-0.05, 0) is 72.3 Å². The Morgan fingerprint density at radius 3 is 2.02 bits per heavy atom. The second-order valence-corrected chi connectivity index (χ2v) is 15.6. The van der Waals surface area contributed by atoms with E-state index in [1.807, 2.05) is 48.5 Å². The molecule has 6 N–H and O–H groups in total. The fourth-order valence-corrected chi connectivity index (χ4v) is 7.41. The summed E-state index contributed by atoms with van der Waals surface area (Å²) in [5, 5.41) is 8.64. The van der Waals surface area contributed by atoms with Gasteiger partial charge in [-0.2, -0.15) is 5.10 Å². The summed E-state index contributed by atoms with van der Waals surface area (Å²) in [7, 11) is 1.64. The van der Waals surface area contributed by atoms with Gasteiger partial charge in [0.1, 0.15) is 5.75 Å². The van der Waals surface area contributed by atoms with Crippen molar-refractivity contribution in [2.45, 2.75) is 0 Å². The van der Waals surface area contributed by atoms with Crippen LogP contribution in [0.15, 0.2) is 114 Å². The molecule has 4 aromatic carbocycles. The molecule has 2 aliphatic heterocycles. The van der Waals surface area contributed by atoms with E-state index in [9.17, 15) is 19.2 Å². The maximum Gasteiger partial charge on any atom is 0.419 e. The van der Waals surface area contributed by atoms with E-state index in [1.54, 1.807) is 59.5 Å². The number of nitrogen functional groups attached to an aromatic ring is 2. The van der Waals surface area contributed by atoms with E-state index in [0.29, 0.717) is 91.7 Å². The number of nitrogens with zero attached hydrogens (tertiary/aromatic N) is 4. The van der Waals surface area contributed by atoms with Gasteiger partial charge in [0.05, 0.1) is 61.3 Å². The van der Waals surface area contributed by atoms with Gasteiger partial charge >= 0.3 is 11.4 Å². The quantitative estimate of drug-likeness (QED) is 0.144. The molecule has 0 atom stereocenters. The fraction of sp³-hybridized carbons (Fsp3) is 0.209. The summed E-state index contributed by atoms with van der Waals surface area (Å²) < 4.78 is 22.1. The molecule has 3 aromatic heterocycles. The summed E-state index contributed by atoms with van der Waals surface area (Å²) in [6.07, 6.45) is 1.75. The molecule has 9 rings (SSSR count). The molecule has 0 radical (unpaired) electrons. The van der Waals surface area contributed by atoms with Crippen molar-refractivity contribution in [1.82, 2.24) is 30.0 Å². The zero-order valence-corrected chi connectivity index (χ0v) is 36.0. The third-order valence-corrected chi connectivity index (χ3v) is 10.9. The third-order valence-electron chi connectivity index (χ3n) is 9.87. The van der Waals surface area contributed by atoms with Crippen LogP contribution in [0.2, 0.25) is 0 Å². The van der Waals surface area contributed by atoms with Gasteiger partial charge in [0.15, 0.2) is 5.65 Å². The first-order valence-electron chi connectivity index (χ1n) is 19.0. The summed E-state index contributed by atoms with van der Waals surface area (Å²) in [5.74, 6) is -0.101. The average molecular weight is 957 g/mol. The number of hydrogen-bond donors (Lipinski definition) is 4. The van der Waals surface area contributed by atoms with Crippen LogP contribution < -0.4 is 27.6 Å². The molecule has 5 heterocycles. The van der Waals surface area contributed by atoms with Crippen LogP contribution >= 0.6 is 31.9 Å². The van der Waals surface area contributed by atoms with Crippen molar-refractivity contribution in [3.8, 4) is 28.1 Å². The Balaban J connectivity index is 0.000000160. The van der Waals surface area contributed by atoms with Crippen LogP contribution in [0.4, 0.5) is 11.4 Å². The molecule has 0 unspecified atom stereocenters. The Kier molecular flexibility index (Phi) is 13.6. The number of morpholine rings is 2. The Labute approximate surface area is 365 Å².